The zero-order valence-electron chi connectivity index (χ0n) is 8.22. The molecule has 8 heteroatoms. The van der Waals surface area contributed by atoms with Crippen LogP contribution in [0, 0.1) is 11.6 Å². The SMILES string of the molecule is CCNS(=O)(=O)Nc1cc(F)c(Br)cc1F. The molecule has 1 aromatic carbocycles. The summed E-state index contributed by atoms with van der Waals surface area (Å²) in [5, 5.41) is 0. The molecular weight excluding hydrogens is 306 g/mol. The van der Waals surface area contributed by atoms with Gasteiger partial charge in [0, 0.05) is 12.6 Å². The van der Waals surface area contributed by atoms with Crippen molar-refractivity contribution in [1.29, 1.82) is 0 Å². The Kier molecular flexibility index (Phi) is 4.22. The molecule has 1 aromatic rings. The van der Waals surface area contributed by atoms with Crippen LogP contribution in [0.25, 0.3) is 0 Å². The lowest BCUT2D eigenvalue weighted by atomic mass is 10.3. The van der Waals surface area contributed by atoms with Gasteiger partial charge < -0.3 is 0 Å². The van der Waals surface area contributed by atoms with Gasteiger partial charge in [-0.05, 0) is 22.0 Å². The van der Waals surface area contributed by atoms with E-state index in [4.69, 9.17) is 0 Å². The van der Waals surface area contributed by atoms with Crippen molar-refractivity contribution in [3.05, 3.63) is 28.2 Å². The molecule has 0 heterocycles. The fraction of sp³-hybridized carbons (Fsp3) is 0.250. The number of hydrogen-bond donors (Lipinski definition) is 2. The molecule has 16 heavy (non-hydrogen) atoms. The molecule has 0 fully saturated rings. The van der Waals surface area contributed by atoms with E-state index in [0.717, 1.165) is 12.1 Å². The Hall–Kier alpha value is -0.730. The molecule has 4 nitrogen and oxygen atoms in total. The van der Waals surface area contributed by atoms with Crippen molar-refractivity contribution in [1.82, 2.24) is 4.72 Å². The first-order chi connectivity index (χ1) is 7.35. The fourth-order valence-electron chi connectivity index (χ4n) is 0.972. The molecule has 1 rings (SSSR count). The molecule has 0 bridgehead atoms. The van der Waals surface area contributed by atoms with Crippen molar-refractivity contribution in [2.75, 3.05) is 11.3 Å². The van der Waals surface area contributed by atoms with Gasteiger partial charge in [0.25, 0.3) is 10.2 Å². The summed E-state index contributed by atoms with van der Waals surface area (Å²) in [5.41, 5.74) is -0.443. The Labute approximate surface area is 100 Å². The molecule has 0 aliphatic carbocycles. The Morgan fingerprint density at radius 2 is 1.94 bits per heavy atom. The van der Waals surface area contributed by atoms with Crippen molar-refractivity contribution in [3.8, 4) is 0 Å². The second-order valence-corrected chi connectivity index (χ2v) is 5.20. The Balaban J connectivity index is 3.03. The maximum Gasteiger partial charge on any atom is 0.299 e. The molecule has 0 unspecified atom stereocenters. The van der Waals surface area contributed by atoms with E-state index < -0.39 is 27.5 Å². The van der Waals surface area contributed by atoms with Gasteiger partial charge in [-0.25, -0.2) is 8.78 Å². The van der Waals surface area contributed by atoms with Gasteiger partial charge in [0.2, 0.25) is 0 Å². The van der Waals surface area contributed by atoms with Crippen molar-refractivity contribution in [2.45, 2.75) is 6.92 Å². The minimum atomic E-state index is -3.86. The summed E-state index contributed by atoms with van der Waals surface area (Å²) >= 11 is 2.78. The molecule has 0 spiro atoms. The lowest BCUT2D eigenvalue weighted by molar-refractivity contribution is 0.584. The molecule has 0 aromatic heterocycles. The standard InChI is InChI=1S/C8H9BrF2N2O2S/c1-2-12-16(14,15)13-8-4-6(10)5(9)3-7(8)11/h3-4,12-13H,2H2,1H3. The Morgan fingerprint density at radius 3 is 2.50 bits per heavy atom. The predicted octanol–water partition coefficient (Wildman–Crippen LogP) is 1.99. The first kappa shape index (κ1) is 13.3. The second-order valence-electron chi connectivity index (χ2n) is 2.85. The van der Waals surface area contributed by atoms with E-state index in [0.29, 0.717) is 0 Å². The smallest absolute Gasteiger partial charge is 0.268 e. The van der Waals surface area contributed by atoms with Crippen LogP contribution in [0.4, 0.5) is 14.5 Å². The van der Waals surface area contributed by atoms with E-state index in [1.165, 1.54) is 0 Å². The molecule has 0 aliphatic heterocycles. The van der Waals surface area contributed by atoms with Gasteiger partial charge >= 0.3 is 0 Å². The van der Waals surface area contributed by atoms with Crippen molar-refractivity contribution in [3.63, 3.8) is 0 Å². The molecule has 0 atom stereocenters. The monoisotopic (exact) mass is 314 g/mol. The molecule has 2 N–H and O–H groups in total. The summed E-state index contributed by atoms with van der Waals surface area (Å²) < 4.78 is 52.7. The Bertz CT molecular complexity index is 493. The van der Waals surface area contributed by atoms with Crippen LogP contribution in [0.1, 0.15) is 6.92 Å². The topological polar surface area (TPSA) is 58.2 Å². The third-order valence-corrected chi connectivity index (χ3v) is 3.35. The zero-order chi connectivity index (χ0) is 12.3. The van der Waals surface area contributed by atoms with E-state index in [1.807, 2.05) is 4.72 Å². The maximum atomic E-state index is 13.2. The van der Waals surface area contributed by atoms with Crippen molar-refractivity contribution in [2.24, 2.45) is 0 Å². The number of rotatable bonds is 4. The summed E-state index contributed by atoms with van der Waals surface area (Å²) in [7, 11) is -3.86. The summed E-state index contributed by atoms with van der Waals surface area (Å²) in [4.78, 5) is 0. The van der Waals surface area contributed by atoms with Crippen molar-refractivity contribution < 1.29 is 17.2 Å². The highest BCUT2D eigenvalue weighted by Crippen LogP contribution is 2.23. The number of benzene rings is 1. The summed E-state index contributed by atoms with van der Waals surface area (Å²) in [6, 6.07) is 1.60. The van der Waals surface area contributed by atoms with E-state index in [9.17, 15) is 17.2 Å². The van der Waals surface area contributed by atoms with Crippen LogP contribution in [0.15, 0.2) is 16.6 Å². The maximum absolute atomic E-state index is 13.2. The minimum absolute atomic E-state index is 0.0728. The second kappa shape index (κ2) is 5.07. The lowest BCUT2D eigenvalue weighted by Gasteiger charge is -2.09. The van der Waals surface area contributed by atoms with E-state index in [2.05, 4.69) is 20.7 Å². The largest absolute Gasteiger partial charge is 0.299 e. The fourth-order valence-corrected chi connectivity index (χ4v) is 2.19. The average Bonchev–Trinajstić information content (AvgIpc) is 2.13. The zero-order valence-corrected chi connectivity index (χ0v) is 10.6. The Morgan fingerprint density at radius 1 is 1.31 bits per heavy atom. The van der Waals surface area contributed by atoms with Crippen molar-refractivity contribution >= 4 is 31.8 Å². The number of hydrogen-bond acceptors (Lipinski definition) is 2. The molecular formula is C8H9BrF2N2O2S. The van der Waals surface area contributed by atoms with Gasteiger partial charge in [0.15, 0.2) is 0 Å². The van der Waals surface area contributed by atoms with Gasteiger partial charge in [-0.2, -0.15) is 13.1 Å². The van der Waals surface area contributed by atoms with E-state index in [-0.39, 0.29) is 11.0 Å². The third kappa shape index (κ3) is 3.39. The van der Waals surface area contributed by atoms with Crippen LogP contribution in [0.2, 0.25) is 0 Å². The van der Waals surface area contributed by atoms with Crippen LogP contribution in [0.5, 0.6) is 0 Å². The normalized spacial score (nSPS) is 11.5. The van der Waals surface area contributed by atoms with E-state index >= 15 is 0 Å². The van der Waals surface area contributed by atoms with Gasteiger partial charge in [-0.1, -0.05) is 6.92 Å². The summed E-state index contributed by atoms with van der Waals surface area (Å²) in [6.07, 6.45) is 0. The number of anilines is 1. The molecule has 90 valence electrons. The first-order valence-electron chi connectivity index (χ1n) is 4.27. The lowest BCUT2D eigenvalue weighted by Crippen LogP contribution is -2.30. The number of nitrogens with one attached hydrogen (secondary N) is 2. The molecule has 0 radical (unpaired) electrons. The highest BCUT2D eigenvalue weighted by Gasteiger charge is 2.14. The van der Waals surface area contributed by atoms with Gasteiger partial charge in [-0.15, -0.1) is 0 Å². The summed E-state index contributed by atoms with van der Waals surface area (Å²) in [6.45, 7) is 1.72. The van der Waals surface area contributed by atoms with Crippen LogP contribution in [0.3, 0.4) is 0 Å². The highest BCUT2D eigenvalue weighted by molar-refractivity contribution is 9.10. The molecule has 0 amide bonds. The number of halogens is 3. The van der Waals surface area contributed by atoms with Gasteiger partial charge in [0.1, 0.15) is 11.6 Å². The van der Waals surface area contributed by atoms with Crippen LogP contribution in [-0.4, -0.2) is 15.0 Å². The molecule has 0 aliphatic rings. The average molecular weight is 315 g/mol. The van der Waals surface area contributed by atoms with Crippen LogP contribution < -0.4 is 9.44 Å². The van der Waals surface area contributed by atoms with Gasteiger partial charge in [0.05, 0.1) is 10.2 Å². The quantitative estimate of drug-likeness (QED) is 0.835. The molecule has 0 saturated carbocycles. The minimum Gasteiger partial charge on any atom is -0.268 e. The van der Waals surface area contributed by atoms with Gasteiger partial charge in [-0.3, -0.25) is 4.72 Å². The predicted molar refractivity (Wildman–Crippen MR) is 60.3 cm³/mol. The third-order valence-electron chi connectivity index (χ3n) is 1.59. The first-order valence-corrected chi connectivity index (χ1v) is 6.55. The highest BCUT2D eigenvalue weighted by atomic mass is 79.9. The van der Waals surface area contributed by atoms with Crippen LogP contribution >= 0.6 is 15.9 Å². The van der Waals surface area contributed by atoms with Crippen LogP contribution in [-0.2, 0) is 10.2 Å². The van der Waals surface area contributed by atoms with E-state index in [1.54, 1.807) is 6.92 Å². The summed E-state index contributed by atoms with van der Waals surface area (Å²) in [5.74, 6) is -1.62. The molecule has 0 saturated heterocycles.